The summed E-state index contributed by atoms with van der Waals surface area (Å²) in [5.74, 6) is 1.15. The van der Waals surface area contributed by atoms with Gasteiger partial charge < -0.3 is 4.18 Å². The van der Waals surface area contributed by atoms with Crippen molar-refractivity contribution in [2.45, 2.75) is 130 Å². The molecule has 3 aliphatic carbocycles. The highest BCUT2D eigenvalue weighted by molar-refractivity contribution is 8.13. The molecule has 0 aliphatic heterocycles. The summed E-state index contributed by atoms with van der Waals surface area (Å²) >= 11 is -0.0337. The minimum atomic E-state index is -4.52. The normalized spacial score (nSPS) is 22.5. The number of alkyl halides is 5. The molecule has 4 rings (SSSR count). The predicted octanol–water partition coefficient (Wildman–Crippen LogP) is 11.1. The van der Waals surface area contributed by atoms with Gasteiger partial charge in [-0.25, -0.2) is 8.52 Å². The van der Waals surface area contributed by atoms with Crippen LogP contribution in [-0.4, -0.2) is 22.2 Å². The zero-order valence-electron chi connectivity index (χ0n) is 22.6. The van der Waals surface area contributed by atoms with E-state index >= 15 is 13.2 Å². The number of nitrogens with one attached hydrogen (secondary N) is 1. The maximum absolute atomic E-state index is 15.2. The lowest BCUT2D eigenvalue weighted by Crippen LogP contribution is -2.50. The van der Waals surface area contributed by atoms with E-state index in [0.717, 1.165) is 109 Å². The van der Waals surface area contributed by atoms with Crippen LogP contribution in [0.5, 0.6) is 5.75 Å². The predicted molar refractivity (Wildman–Crippen MR) is 160 cm³/mol. The van der Waals surface area contributed by atoms with Crippen molar-refractivity contribution in [1.29, 1.82) is 0 Å². The Morgan fingerprint density at radius 3 is 1.59 bits per heavy atom. The van der Waals surface area contributed by atoms with Gasteiger partial charge in [-0.15, -0.1) is 0 Å². The van der Waals surface area contributed by atoms with Gasteiger partial charge in [-0.05, 0) is 79.2 Å². The summed E-state index contributed by atoms with van der Waals surface area (Å²) in [6.07, 6.45) is 17.6. The van der Waals surface area contributed by atoms with Gasteiger partial charge in [0, 0.05) is 11.9 Å². The third kappa shape index (κ3) is 7.55. The lowest BCUT2D eigenvalue weighted by molar-refractivity contribution is -0.112. The molecule has 222 valence electrons. The zero-order valence-corrected chi connectivity index (χ0v) is 26.2. The molecule has 11 heteroatoms. The van der Waals surface area contributed by atoms with E-state index in [2.05, 4.69) is 16.3 Å². The first kappa shape index (κ1) is 32.0. The molecule has 0 heterocycles. The molecule has 3 fully saturated rings. The molecule has 1 aromatic rings. The molecule has 1 N–H and O–H groups in total. The van der Waals surface area contributed by atoms with Gasteiger partial charge in [-0.1, -0.05) is 91.1 Å². The van der Waals surface area contributed by atoms with E-state index in [9.17, 15) is 8.78 Å². The van der Waals surface area contributed by atoms with Crippen LogP contribution >= 0.6 is 45.2 Å². The van der Waals surface area contributed by atoms with Crippen molar-refractivity contribution >= 4 is 45.2 Å². The van der Waals surface area contributed by atoms with Crippen LogP contribution in [0.2, 0.25) is 0 Å². The van der Waals surface area contributed by atoms with Gasteiger partial charge in [-0.3, -0.25) is 0 Å². The van der Waals surface area contributed by atoms with E-state index < -0.39 is 28.0 Å². The second-order valence-corrected chi connectivity index (χ2v) is 14.8. The largest absolute Gasteiger partial charge is 0.419 e. The highest BCUT2D eigenvalue weighted by Gasteiger charge is 2.69. The van der Waals surface area contributed by atoms with Crippen molar-refractivity contribution < 1.29 is 26.1 Å². The van der Waals surface area contributed by atoms with Crippen molar-refractivity contribution in [3.63, 3.8) is 0 Å². The van der Waals surface area contributed by atoms with Gasteiger partial charge in [0.1, 0.15) is 17.8 Å². The highest BCUT2D eigenvalue weighted by atomic mass is 32.2. The van der Waals surface area contributed by atoms with Crippen molar-refractivity contribution in [3.8, 4) is 5.75 Å². The molecule has 3 saturated carbocycles. The van der Waals surface area contributed by atoms with Gasteiger partial charge >= 0.3 is 10.5 Å². The lowest BCUT2D eigenvalue weighted by atomic mass is 9.75. The van der Waals surface area contributed by atoms with E-state index in [1.165, 1.54) is 31.1 Å². The Morgan fingerprint density at radius 1 is 0.718 bits per heavy atom. The Hall–Kier alpha value is 0.110. The fourth-order valence-electron chi connectivity index (χ4n) is 6.39. The summed E-state index contributed by atoms with van der Waals surface area (Å²) < 4.78 is 82.7. The van der Waals surface area contributed by atoms with Gasteiger partial charge in [0.05, 0.1) is 0 Å². The quantitative estimate of drug-likeness (QED) is 0.113. The molecule has 2 unspecified atom stereocenters. The third-order valence-corrected chi connectivity index (χ3v) is 12.1. The smallest absolute Gasteiger partial charge is 0.372 e. The van der Waals surface area contributed by atoms with Gasteiger partial charge in [0.15, 0.2) is 0 Å². The minimum Gasteiger partial charge on any atom is -0.419 e. The van der Waals surface area contributed by atoms with Gasteiger partial charge in [0.25, 0.3) is 5.41 Å². The summed E-state index contributed by atoms with van der Waals surface area (Å²) in [5.41, 5.74) is 3.09. The van der Waals surface area contributed by atoms with E-state index in [1.807, 2.05) is 0 Å². The molecule has 0 aromatic heterocycles. The molecule has 39 heavy (non-hydrogen) atoms. The van der Waals surface area contributed by atoms with Crippen molar-refractivity contribution in [1.82, 2.24) is 4.13 Å². The Labute approximate surface area is 245 Å². The monoisotopic (exact) mass is 629 g/mol. The van der Waals surface area contributed by atoms with E-state index in [1.54, 1.807) is 0 Å². The standard InChI is InChI=1S/C28H41F5NOPS3/c1-37-34-38-27(30,31)26(29,36)28(32,33)39-35-25-23(20-13-7-3-8-14-20)17-22(19-11-5-2-6-12-19)18-24(25)21-15-9-4-10-16-21/h17-21,34H,2-16,36H2,1H3. The van der Waals surface area contributed by atoms with E-state index in [4.69, 9.17) is 4.18 Å². The summed E-state index contributed by atoms with van der Waals surface area (Å²) in [6.45, 7) is 0. The Morgan fingerprint density at radius 2 is 1.15 bits per heavy atom. The average Bonchev–Trinajstić information content (AvgIpc) is 2.96. The average molecular weight is 630 g/mol. The van der Waals surface area contributed by atoms with Crippen molar-refractivity contribution in [2.75, 3.05) is 6.26 Å². The number of rotatable bonds is 11. The molecular formula is C28H41F5NOPS3. The van der Waals surface area contributed by atoms with Crippen LogP contribution in [0.25, 0.3) is 0 Å². The van der Waals surface area contributed by atoms with Crippen LogP contribution in [0.15, 0.2) is 12.1 Å². The Balaban J connectivity index is 1.71. The first-order chi connectivity index (χ1) is 18.6. The number of hydrogen-bond acceptors (Lipinski definition) is 5. The fourth-order valence-corrected chi connectivity index (χ4v) is 8.44. The summed E-state index contributed by atoms with van der Waals surface area (Å²) in [7, 11) is 1.05. The molecular weight excluding hydrogens is 588 g/mol. The molecule has 2 nitrogen and oxygen atoms in total. The summed E-state index contributed by atoms with van der Waals surface area (Å²) in [4.78, 5) is 0. The van der Waals surface area contributed by atoms with Crippen LogP contribution in [0, 0.1) is 0 Å². The maximum atomic E-state index is 15.2. The van der Waals surface area contributed by atoms with Crippen LogP contribution < -0.4 is 8.31 Å². The van der Waals surface area contributed by atoms with Crippen LogP contribution in [0.4, 0.5) is 22.0 Å². The first-order valence-corrected chi connectivity index (χ1v) is 17.7. The maximum Gasteiger partial charge on any atom is 0.372 e. The SMILES string of the molecule is CSNSC(F)(F)C(F)(P)C(F)(F)SOc1c(C2CCCCC2)cc(C2CCCCC2)cc1C1CCCCC1. The Bertz CT molecular complexity index is 897. The zero-order chi connectivity index (χ0) is 28.1. The van der Waals surface area contributed by atoms with Gasteiger partial charge in [-0.2, -0.15) is 17.6 Å². The molecule has 0 amide bonds. The third-order valence-electron chi connectivity index (χ3n) is 8.67. The van der Waals surface area contributed by atoms with E-state index in [-0.39, 0.29) is 23.8 Å². The molecule has 3 aliphatic rings. The van der Waals surface area contributed by atoms with Crippen LogP contribution in [0.1, 0.15) is 131 Å². The van der Waals surface area contributed by atoms with Crippen LogP contribution in [0.3, 0.4) is 0 Å². The Kier molecular flexibility index (Phi) is 11.5. The number of halogens is 5. The molecule has 0 radical (unpaired) electrons. The second-order valence-electron chi connectivity index (χ2n) is 11.3. The number of benzene rings is 1. The van der Waals surface area contributed by atoms with Crippen molar-refractivity contribution in [2.24, 2.45) is 0 Å². The molecule has 0 spiro atoms. The lowest BCUT2D eigenvalue weighted by Gasteiger charge is -2.35. The molecule has 0 saturated heterocycles. The molecule has 2 atom stereocenters. The second kappa shape index (κ2) is 14.1. The number of hydrogen-bond donors (Lipinski definition) is 1. The topological polar surface area (TPSA) is 21.3 Å². The molecule has 1 aromatic carbocycles. The van der Waals surface area contributed by atoms with Gasteiger partial charge in [0.2, 0.25) is 0 Å². The highest BCUT2D eigenvalue weighted by Crippen LogP contribution is 2.59. The van der Waals surface area contributed by atoms with Crippen LogP contribution in [-0.2, 0) is 0 Å². The summed E-state index contributed by atoms with van der Waals surface area (Å²) in [5, 5.41) is -13.2. The van der Waals surface area contributed by atoms with Crippen molar-refractivity contribution in [3.05, 3.63) is 28.8 Å². The fraction of sp³-hybridized carbons (Fsp3) is 0.786. The minimum absolute atomic E-state index is 0.169. The van der Waals surface area contributed by atoms with E-state index in [0.29, 0.717) is 11.7 Å². The summed E-state index contributed by atoms with van der Waals surface area (Å²) in [6, 6.07) is 4.31. The molecule has 0 bridgehead atoms. The first-order valence-electron chi connectivity index (χ1n) is 14.3.